The lowest BCUT2D eigenvalue weighted by Gasteiger charge is -2.50. The highest BCUT2D eigenvalue weighted by Gasteiger charge is 2.76. The van der Waals surface area contributed by atoms with E-state index < -0.39 is 57.0 Å². The summed E-state index contributed by atoms with van der Waals surface area (Å²) in [6, 6.07) is 9.62. The number of halogens is 3. The van der Waals surface area contributed by atoms with Crippen molar-refractivity contribution in [3.63, 3.8) is 0 Å². The van der Waals surface area contributed by atoms with E-state index in [0.717, 1.165) is 17.0 Å². The number of carbonyl (C=O) groups excluding carboxylic acids is 4. The highest BCUT2D eigenvalue weighted by molar-refractivity contribution is 6.58. The average Bonchev–Trinajstić information content (AvgIpc) is 3.23. The Bertz CT molecular complexity index is 1440. The fourth-order valence-electron chi connectivity index (χ4n) is 6.54. The molecular weight excluding hydrogens is 522 g/mol. The summed E-state index contributed by atoms with van der Waals surface area (Å²) in [6.45, 7) is 1.69. The third-order valence-corrected chi connectivity index (χ3v) is 9.71. The van der Waals surface area contributed by atoms with Gasteiger partial charge in [-0.2, -0.15) is 0 Å². The number of imide groups is 2. The number of phenols is 1. The summed E-state index contributed by atoms with van der Waals surface area (Å²) in [7, 11) is 0. The molecule has 7 nitrogen and oxygen atoms in total. The minimum atomic E-state index is -1.99. The largest absolute Gasteiger partial charge is 0.508 e. The smallest absolute Gasteiger partial charge is 0.258 e. The van der Waals surface area contributed by atoms with Crippen molar-refractivity contribution < 1.29 is 28.7 Å². The maximum atomic E-state index is 14.1. The fraction of sp³-hybridized carbons (Fsp3) is 0.333. The van der Waals surface area contributed by atoms with Crippen molar-refractivity contribution in [3.05, 3.63) is 71.1 Å². The second-order valence-corrected chi connectivity index (χ2v) is 11.4. The van der Waals surface area contributed by atoms with E-state index in [1.165, 1.54) is 18.2 Å². The number of amides is 4. The zero-order valence-corrected chi connectivity index (χ0v) is 21.0. The number of fused-ring (bicyclic) bond motifs is 4. The number of alkyl halides is 2. The summed E-state index contributed by atoms with van der Waals surface area (Å²) in [6.07, 6.45) is 1.96. The summed E-state index contributed by atoms with van der Waals surface area (Å²) in [4.78, 5) is 50.3. The molecule has 4 aliphatic rings. The first kappa shape index (κ1) is 24.1. The molecule has 0 radical (unpaired) electrons. The number of hydrogen-bond acceptors (Lipinski definition) is 5. The van der Waals surface area contributed by atoms with Crippen molar-refractivity contribution in [3.8, 4) is 5.75 Å². The molecule has 0 spiro atoms. The van der Waals surface area contributed by atoms with E-state index >= 15 is 0 Å². The molecule has 4 amide bonds. The molecule has 3 fully saturated rings. The number of hydrogen-bond donors (Lipinski definition) is 2. The predicted molar refractivity (Wildman–Crippen MR) is 133 cm³/mol. The van der Waals surface area contributed by atoms with Crippen LogP contribution >= 0.6 is 23.2 Å². The molecule has 2 aliphatic carbocycles. The van der Waals surface area contributed by atoms with Crippen molar-refractivity contribution in [2.24, 2.45) is 17.8 Å². The maximum Gasteiger partial charge on any atom is 0.258 e. The van der Waals surface area contributed by atoms with E-state index in [1.807, 2.05) is 6.08 Å². The van der Waals surface area contributed by atoms with Crippen LogP contribution in [0.15, 0.2) is 54.1 Å². The van der Waals surface area contributed by atoms with Crippen LogP contribution in [0.2, 0.25) is 0 Å². The second-order valence-electron chi connectivity index (χ2n) is 10.2. The summed E-state index contributed by atoms with van der Waals surface area (Å²) in [5.74, 6) is -5.78. The first-order chi connectivity index (χ1) is 17.5. The highest BCUT2D eigenvalue weighted by Crippen LogP contribution is 2.65. The Morgan fingerprint density at radius 1 is 1.00 bits per heavy atom. The van der Waals surface area contributed by atoms with Gasteiger partial charge in [0.15, 0.2) is 9.75 Å². The van der Waals surface area contributed by atoms with Gasteiger partial charge in [-0.05, 0) is 67.1 Å². The molecule has 10 heteroatoms. The maximum absolute atomic E-state index is 14.1. The van der Waals surface area contributed by atoms with E-state index in [4.69, 9.17) is 23.2 Å². The molecule has 2 saturated heterocycles. The van der Waals surface area contributed by atoms with Gasteiger partial charge in [0.05, 0.1) is 17.5 Å². The zero-order chi connectivity index (χ0) is 26.4. The van der Waals surface area contributed by atoms with E-state index in [2.05, 4.69) is 5.32 Å². The number of phenolic OH excluding ortho intramolecular Hbond substituents is 1. The Kier molecular flexibility index (Phi) is 5.14. The van der Waals surface area contributed by atoms with Gasteiger partial charge in [0.25, 0.3) is 11.8 Å². The number of anilines is 1. The van der Waals surface area contributed by atoms with Crippen LogP contribution in [-0.2, 0) is 19.2 Å². The van der Waals surface area contributed by atoms with Crippen LogP contribution in [0.5, 0.6) is 5.75 Å². The van der Waals surface area contributed by atoms with Crippen LogP contribution in [0, 0.1) is 30.5 Å². The van der Waals surface area contributed by atoms with Crippen LogP contribution in [0.25, 0.3) is 0 Å². The number of aryl methyl sites for hydroxylation is 1. The molecule has 0 unspecified atom stereocenters. The van der Waals surface area contributed by atoms with Gasteiger partial charge in [0.2, 0.25) is 11.8 Å². The number of nitrogens with zero attached hydrogens (tertiary/aromatic N) is 1. The number of rotatable bonds is 2. The quantitative estimate of drug-likeness (QED) is 0.342. The predicted octanol–water partition coefficient (Wildman–Crippen LogP) is 3.69. The minimum Gasteiger partial charge on any atom is -0.508 e. The van der Waals surface area contributed by atoms with Gasteiger partial charge in [0, 0.05) is 5.92 Å². The van der Waals surface area contributed by atoms with Crippen molar-refractivity contribution in [2.45, 2.75) is 35.4 Å². The van der Waals surface area contributed by atoms with Gasteiger partial charge in [-0.15, -0.1) is 23.2 Å². The molecular formula is C27H21Cl2FN2O5. The first-order valence-corrected chi connectivity index (χ1v) is 12.6. The first-order valence-electron chi connectivity index (χ1n) is 11.9. The molecule has 0 aromatic heterocycles. The van der Waals surface area contributed by atoms with E-state index in [9.17, 15) is 28.7 Å². The number of allylic oxidation sites excluding steroid dienone is 2. The lowest BCUT2D eigenvalue weighted by atomic mass is 9.56. The number of aromatic hydroxyl groups is 1. The molecule has 0 bridgehead atoms. The SMILES string of the molecule is Cc1cc([C@H]2C3=CC[C@@H]4C(=O)NC(=O)[C@@H]4[C@@H]3C[C@@]3(Cl)C(=O)N(c4ccc(F)cc4)C(=O)[C@@]23Cl)ccc1O. The standard InChI is InChI=1S/C27H21Cl2FN2O5/c1-12-10-13(2-9-19(12)33)21-16-7-8-17-20(23(35)31-22(17)34)18(16)11-26(28)24(36)32(25(37)27(21,26)29)15-5-3-14(30)4-6-15/h2-7,9-10,17-18,20-21,33H,8,11H2,1H3,(H,31,34,35)/t17-,18+,20-,21-,26+,27-/m0/s1. The van der Waals surface area contributed by atoms with Crippen molar-refractivity contribution >= 4 is 52.5 Å². The molecule has 2 aliphatic heterocycles. The Hall–Kier alpha value is -3.23. The number of nitrogens with one attached hydrogen (secondary N) is 1. The summed E-state index contributed by atoms with van der Waals surface area (Å²) < 4.78 is 13.6. The normalized spacial score (nSPS) is 34.6. The third kappa shape index (κ3) is 3.06. The van der Waals surface area contributed by atoms with Crippen LogP contribution in [0.3, 0.4) is 0 Å². The molecule has 190 valence electrons. The highest BCUT2D eigenvalue weighted by atomic mass is 35.5. The van der Waals surface area contributed by atoms with E-state index in [-0.39, 0.29) is 30.2 Å². The van der Waals surface area contributed by atoms with E-state index in [1.54, 1.807) is 19.1 Å². The molecule has 6 atom stereocenters. The fourth-order valence-corrected chi connectivity index (χ4v) is 7.48. The summed E-state index contributed by atoms with van der Waals surface area (Å²) >= 11 is 14.4. The van der Waals surface area contributed by atoms with Gasteiger partial charge >= 0.3 is 0 Å². The Labute approximate surface area is 221 Å². The molecule has 1 saturated carbocycles. The van der Waals surface area contributed by atoms with Gasteiger partial charge < -0.3 is 5.11 Å². The van der Waals surface area contributed by atoms with E-state index in [0.29, 0.717) is 16.7 Å². The van der Waals surface area contributed by atoms with Crippen molar-refractivity contribution in [2.75, 3.05) is 4.90 Å². The monoisotopic (exact) mass is 542 g/mol. The summed E-state index contributed by atoms with van der Waals surface area (Å²) in [5.41, 5.74) is 1.84. The van der Waals surface area contributed by atoms with Crippen LogP contribution in [0.4, 0.5) is 10.1 Å². The molecule has 2 N–H and O–H groups in total. The zero-order valence-electron chi connectivity index (χ0n) is 19.5. The molecule has 2 aromatic rings. The summed E-state index contributed by atoms with van der Waals surface area (Å²) in [5, 5.41) is 12.5. The van der Waals surface area contributed by atoms with Gasteiger partial charge in [-0.1, -0.05) is 23.8 Å². The molecule has 2 heterocycles. The topological polar surface area (TPSA) is 104 Å². The van der Waals surface area contributed by atoms with Gasteiger partial charge in [0.1, 0.15) is 11.6 Å². The van der Waals surface area contributed by atoms with Crippen LogP contribution in [-0.4, -0.2) is 38.5 Å². The Morgan fingerprint density at radius 2 is 1.70 bits per heavy atom. The van der Waals surface area contributed by atoms with Crippen molar-refractivity contribution in [1.29, 1.82) is 0 Å². The minimum absolute atomic E-state index is 0.0390. The van der Waals surface area contributed by atoms with Gasteiger partial charge in [-0.25, -0.2) is 9.29 Å². The lowest BCUT2D eigenvalue weighted by Crippen LogP contribution is -2.60. The second kappa shape index (κ2) is 7.88. The lowest BCUT2D eigenvalue weighted by molar-refractivity contribution is -0.127. The third-order valence-electron chi connectivity index (χ3n) is 8.29. The number of benzene rings is 2. The molecule has 2 aromatic carbocycles. The Balaban J connectivity index is 1.58. The van der Waals surface area contributed by atoms with Crippen molar-refractivity contribution in [1.82, 2.24) is 5.32 Å². The van der Waals surface area contributed by atoms with Gasteiger partial charge in [-0.3, -0.25) is 24.5 Å². The number of carbonyl (C=O) groups is 4. The average molecular weight is 543 g/mol. The molecule has 37 heavy (non-hydrogen) atoms. The Morgan fingerprint density at radius 3 is 2.38 bits per heavy atom. The van der Waals surface area contributed by atoms with Crippen LogP contribution in [0.1, 0.15) is 29.9 Å². The molecule has 6 rings (SSSR count). The van der Waals surface area contributed by atoms with Crippen LogP contribution < -0.4 is 10.2 Å².